The van der Waals surface area contributed by atoms with Crippen molar-refractivity contribution in [3.8, 4) is 0 Å². The molecule has 0 unspecified atom stereocenters. The van der Waals surface area contributed by atoms with Crippen molar-refractivity contribution in [1.29, 1.82) is 0 Å². The average Bonchev–Trinajstić information content (AvgIpc) is 3.19. The van der Waals surface area contributed by atoms with Crippen molar-refractivity contribution in [3.63, 3.8) is 0 Å². The zero-order valence-corrected chi connectivity index (χ0v) is 15.5. The molecule has 4 rings (SSSR count). The Bertz CT molecular complexity index is 675. The van der Waals surface area contributed by atoms with Gasteiger partial charge >= 0.3 is 0 Å². The zero-order valence-electron chi connectivity index (χ0n) is 14.6. The van der Waals surface area contributed by atoms with Crippen LogP contribution in [0.3, 0.4) is 0 Å². The van der Waals surface area contributed by atoms with Gasteiger partial charge in [0.2, 0.25) is 0 Å². The normalized spacial score (nSPS) is 26.1. The lowest BCUT2D eigenvalue weighted by Crippen LogP contribution is -2.58. The number of morpholine rings is 1. The van der Waals surface area contributed by atoms with Gasteiger partial charge in [-0.15, -0.1) is 11.3 Å². The third-order valence-corrected chi connectivity index (χ3v) is 5.62. The first-order chi connectivity index (χ1) is 12.2. The molecule has 136 valence electrons. The van der Waals surface area contributed by atoms with E-state index in [1.165, 1.54) is 5.56 Å². The van der Waals surface area contributed by atoms with Gasteiger partial charge in [-0.05, 0) is 13.0 Å². The van der Waals surface area contributed by atoms with E-state index in [0.717, 1.165) is 63.2 Å². The summed E-state index contributed by atoms with van der Waals surface area (Å²) in [5.41, 5.74) is 2.09. The molecule has 0 aromatic carbocycles. The number of furan rings is 1. The fourth-order valence-corrected chi connectivity index (χ4v) is 4.31. The minimum atomic E-state index is -0.260. The lowest BCUT2D eigenvalue weighted by Gasteiger charge is -2.43. The van der Waals surface area contributed by atoms with E-state index < -0.39 is 0 Å². The Kier molecular flexibility index (Phi) is 5.19. The van der Waals surface area contributed by atoms with Crippen molar-refractivity contribution in [2.24, 2.45) is 0 Å². The molecule has 2 aliphatic rings. The van der Waals surface area contributed by atoms with Crippen LogP contribution in [0.5, 0.6) is 0 Å². The molecule has 0 aliphatic carbocycles. The van der Waals surface area contributed by atoms with Crippen molar-refractivity contribution in [2.45, 2.75) is 25.6 Å². The Morgan fingerprint density at radius 1 is 1.20 bits per heavy atom. The summed E-state index contributed by atoms with van der Waals surface area (Å²) in [6.45, 7) is 9.58. The summed E-state index contributed by atoms with van der Waals surface area (Å²) >= 11 is 1.71. The van der Waals surface area contributed by atoms with Crippen molar-refractivity contribution in [1.82, 2.24) is 14.8 Å². The van der Waals surface area contributed by atoms with Crippen LogP contribution >= 0.6 is 11.3 Å². The first-order valence-electron chi connectivity index (χ1n) is 8.79. The molecule has 0 N–H and O–H groups in total. The standard InChI is InChI=1S/C18H25N3O3S/c1-15-19-17(11-25-15)9-21-3-6-23-14-18(13-21)12-20(4-7-24-18)8-16-2-5-22-10-16/h2,5,10-11H,3-4,6-9,12-14H2,1H3/t18-/m1/s1. The number of thiazole rings is 1. The van der Waals surface area contributed by atoms with Gasteiger partial charge in [-0.2, -0.15) is 0 Å². The molecule has 4 heterocycles. The molecular formula is C18H25N3O3S. The molecular weight excluding hydrogens is 338 g/mol. The molecule has 2 aromatic heterocycles. The molecule has 7 heteroatoms. The number of hydrogen-bond acceptors (Lipinski definition) is 7. The Morgan fingerprint density at radius 2 is 2.04 bits per heavy atom. The van der Waals surface area contributed by atoms with Crippen LogP contribution in [0.15, 0.2) is 28.4 Å². The van der Waals surface area contributed by atoms with Crippen LogP contribution in [0, 0.1) is 6.92 Å². The molecule has 2 aromatic rings. The van der Waals surface area contributed by atoms with Crippen LogP contribution in [-0.4, -0.2) is 66.4 Å². The van der Waals surface area contributed by atoms with Crippen molar-refractivity contribution in [2.75, 3.05) is 46.0 Å². The summed E-state index contributed by atoms with van der Waals surface area (Å²) in [7, 11) is 0. The molecule has 0 saturated carbocycles. The van der Waals surface area contributed by atoms with Gasteiger partial charge in [0.05, 0.1) is 43.0 Å². The van der Waals surface area contributed by atoms with E-state index in [2.05, 4.69) is 27.1 Å². The summed E-state index contributed by atoms with van der Waals surface area (Å²) in [4.78, 5) is 9.47. The van der Waals surface area contributed by atoms with Gasteiger partial charge in [-0.25, -0.2) is 4.98 Å². The first-order valence-corrected chi connectivity index (χ1v) is 9.67. The van der Waals surface area contributed by atoms with Crippen molar-refractivity contribution < 1.29 is 13.9 Å². The fourth-order valence-electron chi connectivity index (χ4n) is 3.71. The highest BCUT2D eigenvalue weighted by Crippen LogP contribution is 2.25. The minimum absolute atomic E-state index is 0.260. The maximum atomic E-state index is 6.26. The third kappa shape index (κ3) is 4.30. The van der Waals surface area contributed by atoms with Crippen LogP contribution < -0.4 is 0 Å². The molecule has 0 radical (unpaired) electrons. The van der Waals surface area contributed by atoms with Gasteiger partial charge in [-0.3, -0.25) is 9.80 Å². The van der Waals surface area contributed by atoms with Gasteiger partial charge in [0, 0.05) is 50.2 Å². The minimum Gasteiger partial charge on any atom is -0.472 e. The second kappa shape index (κ2) is 7.55. The molecule has 2 aliphatic heterocycles. The van der Waals surface area contributed by atoms with E-state index in [0.29, 0.717) is 6.61 Å². The monoisotopic (exact) mass is 363 g/mol. The predicted molar refractivity (Wildman–Crippen MR) is 95.6 cm³/mol. The fraction of sp³-hybridized carbons (Fsp3) is 0.611. The molecule has 2 fully saturated rings. The highest BCUT2D eigenvalue weighted by Gasteiger charge is 2.40. The first kappa shape index (κ1) is 17.2. The Morgan fingerprint density at radius 3 is 2.80 bits per heavy atom. The molecule has 1 spiro atoms. The van der Waals surface area contributed by atoms with E-state index in [1.54, 1.807) is 17.6 Å². The number of ether oxygens (including phenoxy) is 2. The van der Waals surface area contributed by atoms with Gasteiger partial charge in [0.25, 0.3) is 0 Å². The Balaban J connectivity index is 1.43. The average molecular weight is 363 g/mol. The highest BCUT2D eigenvalue weighted by atomic mass is 32.1. The number of aromatic nitrogens is 1. The summed E-state index contributed by atoms with van der Waals surface area (Å²) in [6.07, 6.45) is 3.56. The number of nitrogens with zero attached hydrogens (tertiary/aromatic N) is 3. The maximum absolute atomic E-state index is 6.26. The quantitative estimate of drug-likeness (QED) is 0.830. The molecule has 6 nitrogen and oxygen atoms in total. The third-order valence-electron chi connectivity index (χ3n) is 4.79. The van der Waals surface area contributed by atoms with E-state index in [9.17, 15) is 0 Å². The Labute approximate surface area is 152 Å². The molecule has 0 bridgehead atoms. The van der Waals surface area contributed by atoms with Crippen LogP contribution in [0.1, 0.15) is 16.3 Å². The predicted octanol–water partition coefficient (Wildman–Crippen LogP) is 2.15. The maximum Gasteiger partial charge on any atom is 0.117 e. The largest absolute Gasteiger partial charge is 0.472 e. The van der Waals surface area contributed by atoms with Crippen LogP contribution in [0.2, 0.25) is 0 Å². The van der Waals surface area contributed by atoms with Gasteiger partial charge < -0.3 is 13.9 Å². The SMILES string of the molecule is Cc1nc(CN2CCOC[C@@]3(CN(Cc4ccoc4)CCO3)C2)cs1. The molecule has 25 heavy (non-hydrogen) atoms. The summed E-state index contributed by atoms with van der Waals surface area (Å²) < 4.78 is 17.4. The molecule has 0 amide bonds. The van der Waals surface area contributed by atoms with Crippen LogP contribution in [0.4, 0.5) is 0 Å². The highest BCUT2D eigenvalue weighted by molar-refractivity contribution is 7.09. The van der Waals surface area contributed by atoms with Crippen molar-refractivity contribution in [3.05, 3.63) is 40.2 Å². The van der Waals surface area contributed by atoms with Gasteiger partial charge in [0.1, 0.15) is 5.60 Å². The van der Waals surface area contributed by atoms with E-state index in [4.69, 9.17) is 13.9 Å². The molecule has 1 atom stereocenters. The summed E-state index contributed by atoms with van der Waals surface area (Å²) in [5, 5.41) is 3.27. The van der Waals surface area contributed by atoms with Gasteiger partial charge in [0.15, 0.2) is 0 Å². The Hall–Kier alpha value is -1.25. The lowest BCUT2D eigenvalue weighted by molar-refractivity contribution is -0.143. The smallest absolute Gasteiger partial charge is 0.117 e. The topological polar surface area (TPSA) is 51.0 Å². The number of rotatable bonds is 4. The summed E-state index contributed by atoms with van der Waals surface area (Å²) in [6, 6.07) is 2.03. The second-order valence-electron chi connectivity index (χ2n) is 6.99. The number of aryl methyl sites for hydroxylation is 1. The second-order valence-corrected chi connectivity index (χ2v) is 8.06. The van der Waals surface area contributed by atoms with Crippen LogP contribution in [0.25, 0.3) is 0 Å². The molecule has 2 saturated heterocycles. The van der Waals surface area contributed by atoms with E-state index in [-0.39, 0.29) is 5.60 Å². The van der Waals surface area contributed by atoms with E-state index in [1.807, 2.05) is 12.3 Å². The van der Waals surface area contributed by atoms with E-state index >= 15 is 0 Å². The van der Waals surface area contributed by atoms with Crippen molar-refractivity contribution >= 4 is 11.3 Å². The van der Waals surface area contributed by atoms with Crippen LogP contribution in [-0.2, 0) is 22.6 Å². The zero-order chi connectivity index (χ0) is 17.1. The number of hydrogen-bond donors (Lipinski definition) is 0. The van der Waals surface area contributed by atoms with Gasteiger partial charge in [-0.1, -0.05) is 0 Å². The summed E-state index contributed by atoms with van der Waals surface area (Å²) in [5.74, 6) is 0. The lowest BCUT2D eigenvalue weighted by atomic mass is 10.0.